The number of esters is 1. The molecule has 3 nitrogen and oxygen atoms in total. The third-order valence-corrected chi connectivity index (χ3v) is 3.43. The first kappa shape index (κ1) is 14.7. The van der Waals surface area contributed by atoms with Gasteiger partial charge in [-0.25, -0.2) is 4.79 Å². The van der Waals surface area contributed by atoms with E-state index < -0.39 is 0 Å². The van der Waals surface area contributed by atoms with Gasteiger partial charge in [0.15, 0.2) is 0 Å². The van der Waals surface area contributed by atoms with Crippen LogP contribution in [0.3, 0.4) is 0 Å². The van der Waals surface area contributed by atoms with Crippen molar-refractivity contribution in [1.82, 2.24) is 0 Å². The van der Waals surface area contributed by atoms with Gasteiger partial charge in [0, 0.05) is 16.8 Å². The molecule has 2 rings (SSSR count). The molecule has 0 bridgehead atoms. The number of rotatable bonds is 5. The van der Waals surface area contributed by atoms with Gasteiger partial charge in [0.05, 0.1) is 18.7 Å². The summed E-state index contributed by atoms with van der Waals surface area (Å²) in [6, 6.07) is 9.12. The molecule has 2 aromatic rings. The number of carbonyl (C=O) groups is 1. The third kappa shape index (κ3) is 2.88. The van der Waals surface area contributed by atoms with Crippen LogP contribution in [0.25, 0.3) is 10.8 Å². The predicted octanol–water partition coefficient (Wildman–Crippen LogP) is 4.46. The fourth-order valence-corrected chi connectivity index (χ4v) is 2.32. The fourth-order valence-electron chi connectivity index (χ4n) is 2.06. The monoisotopic (exact) mass is 292 g/mol. The van der Waals surface area contributed by atoms with E-state index in [1.54, 1.807) is 6.07 Å². The Morgan fingerprint density at radius 3 is 2.60 bits per heavy atom. The molecule has 0 amide bonds. The summed E-state index contributed by atoms with van der Waals surface area (Å²) in [4.78, 5) is 12.3. The van der Waals surface area contributed by atoms with E-state index in [1.807, 2.05) is 31.2 Å². The van der Waals surface area contributed by atoms with Crippen LogP contribution in [0.1, 0.15) is 30.1 Å². The summed E-state index contributed by atoms with van der Waals surface area (Å²) in [5.74, 6) is 0.0679. The molecule has 106 valence electrons. The smallest absolute Gasteiger partial charge is 0.342 e. The summed E-state index contributed by atoms with van der Waals surface area (Å²) in [5.41, 5.74) is 0.434. The Balaban J connectivity index is 2.49. The standard InChI is InChI=1S/C16H17ClO3/c1-3-4-9-20-16(18)15-12-8-6-5-7-11(12)13(17)10-14(15)19-2/h5-8,10H,3-4,9H2,1-2H3. The lowest BCUT2D eigenvalue weighted by atomic mass is 10.0. The first-order valence-electron chi connectivity index (χ1n) is 6.61. The van der Waals surface area contributed by atoms with Crippen molar-refractivity contribution in [2.75, 3.05) is 13.7 Å². The largest absolute Gasteiger partial charge is 0.496 e. The average molecular weight is 293 g/mol. The number of benzene rings is 2. The van der Waals surface area contributed by atoms with Crippen LogP contribution in [0, 0.1) is 0 Å². The molecule has 0 aromatic heterocycles. The molecule has 0 saturated carbocycles. The van der Waals surface area contributed by atoms with Crippen molar-refractivity contribution >= 4 is 28.3 Å². The summed E-state index contributed by atoms with van der Waals surface area (Å²) >= 11 is 6.21. The summed E-state index contributed by atoms with van der Waals surface area (Å²) in [7, 11) is 1.52. The Morgan fingerprint density at radius 2 is 1.95 bits per heavy atom. The molecule has 0 N–H and O–H groups in total. The molecule has 0 atom stereocenters. The summed E-state index contributed by atoms with van der Waals surface area (Å²) in [6.07, 6.45) is 1.82. The minimum Gasteiger partial charge on any atom is -0.496 e. The van der Waals surface area contributed by atoms with Crippen molar-refractivity contribution < 1.29 is 14.3 Å². The van der Waals surface area contributed by atoms with Gasteiger partial charge in [-0.2, -0.15) is 0 Å². The van der Waals surface area contributed by atoms with Gasteiger partial charge in [0.2, 0.25) is 0 Å². The molecule has 0 spiro atoms. The van der Waals surface area contributed by atoms with Crippen LogP contribution in [0.2, 0.25) is 5.02 Å². The van der Waals surface area contributed by atoms with E-state index in [0.29, 0.717) is 22.9 Å². The highest BCUT2D eigenvalue weighted by Crippen LogP contribution is 2.34. The normalized spacial score (nSPS) is 10.6. The maximum atomic E-state index is 12.3. The van der Waals surface area contributed by atoms with E-state index in [4.69, 9.17) is 21.1 Å². The van der Waals surface area contributed by atoms with Gasteiger partial charge in [-0.3, -0.25) is 0 Å². The van der Waals surface area contributed by atoms with Gasteiger partial charge < -0.3 is 9.47 Å². The van der Waals surface area contributed by atoms with Crippen molar-refractivity contribution in [3.63, 3.8) is 0 Å². The topological polar surface area (TPSA) is 35.5 Å². The molecule has 0 aliphatic rings. The molecular formula is C16H17ClO3. The first-order chi connectivity index (χ1) is 9.69. The van der Waals surface area contributed by atoms with Crippen LogP contribution in [-0.4, -0.2) is 19.7 Å². The van der Waals surface area contributed by atoms with Crippen molar-refractivity contribution in [3.05, 3.63) is 40.9 Å². The van der Waals surface area contributed by atoms with Crippen molar-refractivity contribution in [2.45, 2.75) is 19.8 Å². The van der Waals surface area contributed by atoms with Gasteiger partial charge in [-0.05, 0) is 6.42 Å². The lowest BCUT2D eigenvalue weighted by Crippen LogP contribution is -2.09. The maximum Gasteiger partial charge on any atom is 0.342 e. The van der Waals surface area contributed by atoms with Crippen LogP contribution >= 0.6 is 11.6 Å². The Labute approximate surface area is 123 Å². The second-order valence-corrected chi connectivity index (χ2v) is 4.88. The molecule has 0 heterocycles. The zero-order valence-electron chi connectivity index (χ0n) is 11.6. The van der Waals surface area contributed by atoms with E-state index >= 15 is 0 Å². The van der Waals surface area contributed by atoms with Gasteiger partial charge in [-0.1, -0.05) is 49.2 Å². The van der Waals surface area contributed by atoms with E-state index in [-0.39, 0.29) is 5.97 Å². The van der Waals surface area contributed by atoms with Crippen molar-refractivity contribution in [1.29, 1.82) is 0 Å². The summed E-state index contributed by atoms with van der Waals surface area (Å²) < 4.78 is 10.6. The molecule has 0 radical (unpaired) electrons. The van der Waals surface area contributed by atoms with Crippen LogP contribution < -0.4 is 4.74 Å². The Morgan fingerprint density at radius 1 is 1.25 bits per heavy atom. The Kier molecular flexibility index (Phi) is 4.85. The predicted molar refractivity (Wildman–Crippen MR) is 80.7 cm³/mol. The number of hydrogen-bond acceptors (Lipinski definition) is 3. The SMILES string of the molecule is CCCCOC(=O)c1c(OC)cc(Cl)c2ccccc12. The van der Waals surface area contributed by atoms with Crippen LogP contribution in [-0.2, 0) is 4.74 Å². The van der Waals surface area contributed by atoms with Crippen LogP contribution in [0.5, 0.6) is 5.75 Å². The summed E-state index contributed by atoms with van der Waals surface area (Å²) in [6.45, 7) is 2.46. The van der Waals surface area contributed by atoms with Gasteiger partial charge >= 0.3 is 5.97 Å². The lowest BCUT2D eigenvalue weighted by molar-refractivity contribution is 0.0498. The molecular weight excluding hydrogens is 276 g/mol. The number of ether oxygens (including phenoxy) is 2. The van der Waals surface area contributed by atoms with Gasteiger partial charge in [-0.15, -0.1) is 0 Å². The number of hydrogen-bond donors (Lipinski definition) is 0. The minimum atomic E-state index is -0.372. The Bertz CT molecular complexity index is 622. The summed E-state index contributed by atoms with van der Waals surface area (Å²) in [5, 5.41) is 2.12. The number of carbonyl (C=O) groups excluding carboxylic acids is 1. The minimum absolute atomic E-state index is 0.372. The molecule has 0 aliphatic carbocycles. The molecule has 0 unspecified atom stereocenters. The fraction of sp³-hybridized carbons (Fsp3) is 0.312. The van der Waals surface area contributed by atoms with Crippen LogP contribution in [0.15, 0.2) is 30.3 Å². The highest BCUT2D eigenvalue weighted by atomic mass is 35.5. The van der Waals surface area contributed by atoms with Crippen LogP contribution in [0.4, 0.5) is 0 Å². The average Bonchev–Trinajstić information content (AvgIpc) is 2.47. The van der Waals surface area contributed by atoms with Crippen molar-refractivity contribution in [2.24, 2.45) is 0 Å². The third-order valence-electron chi connectivity index (χ3n) is 3.11. The first-order valence-corrected chi connectivity index (χ1v) is 6.99. The molecule has 0 fully saturated rings. The number of unbranched alkanes of at least 4 members (excludes halogenated alkanes) is 1. The zero-order valence-corrected chi connectivity index (χ0v) is 12.4. The molecule has 4 heteroatoms. The quantitative estimate of drug-likeness (QED) is 0.603. The highest BCUT2D eigenvalue weighted by molar-refractivity contribution is 6.36. The van der Waals surface area contributed by atoms with E-state index in [1.165, 1.54) is 7.11 Å². The van der Waals surface area contributed by atoms with E-state index in [2.05, 4.69) is 0 Å². The highest BCUT2D eigenvalue weighted by Gasteiger charge is 2.19. The molecule has 2 aromatic carbocycles. The second-order valence-electron chi connectivity index (χ2n) is 4.47. The molecule has 0 saturated heterocycles. The van der Waals surface area contributed by atoms with E-state index in [0.717, 1.165) is 23.6 Å². The molecule has 0 aliphatic heterocycles. The lowest BCUT2D eigenvalue weighted by Gasteiger charge is -2.13. The molecule has 20 heavy (non-hydrogen) atoms. The Hall–Kier alpha value is -1.74. The zero-order chi connectivity index (χ0) is 14.5. The van der Waals surface area contributed by atoms with E-state index in [9.17, 15) is 4.79 Å². The van der Waals surface area contributed by atoms with Gasteiger partial charge in [0.1, 0.15) is 11.3 Å². The maximum absolute atomic E-state index is 12.3. The second kappa shape index (κ2) is 6.62. The van der Waals surface area contributed by atoms with Crippen molar-refractivity contribution in [3.8, 4) is 5.75 Å². The van der Waals surface area contributed by atoms with Gasteiger partial charge in [0.25, 0.3) is 0 Å². The number of halogens is 1. The number of fused-ring (bicyclic) bond motifs is 1. The number of methoxy groups -OCH3 is 1.